The fraction of sp³-hybridized carbons (Fsp3) is 0.286. The molecule has 3 rings (SSSR count). The van der Waals surface area contributed by atoms with Crippen LogP contribution >= 0.6 is 50.8 Å². The number of hydrogen-bond donors (Lipinski definition) is 1. The van der Waals surface area contributed by atoms with Gasteiger partial charge >= 0.3 is 0 Å². The zero-order valence-corrected chi connectivity index (χ0v) is 16.2. The van der Waals surface area contributed by atoms with Gasteiger partial charge in [0, 0.05) is 15.8 Å². The number of hydrogen-bond acceptors (Lipinski definition) is 7. The third-order valence-corrected chi connectivity index (χ3v) is 6.67. The molecule has 1 N–H and O–H groups in total. The minimum atomic E-state index is -0.209. The van der Waals surface area contributed by atoms with Crippen LogP contribution in [-0.4, -0.2) is 38.0 Å². The van der Waals surface area contributed by atoms with Gasteiger partial charge in [-0.1, -0.05) is 62.9 Å². The first kappa shape index (κ1) is 16.9. The Morgan fingerprint density at radius 1 is 1.35 bits per heavy atom. The molecule has 0 radical (unpaired) electrons. The van der Waals surface area contributed by atoms with E-state index in [1.807, 2.05) is 31.2 Å². The smallest absolute Gasteiger partial charge is 0.239 e. The molecule has 1 unspecified atom stereocenters. The number of aromatic nitrogens is 2. The number of benzene rings is 1. The van der Waals surface area contributed by atoms with Gasteiger partial charge in [-0.15, -0.1) is 10.2 Å². The number of nitrogens with zero attached hydrogens (tertiary/aromatic N) is 3. The maximum absolute atomic E-state index is 12.2. The number of aliphatic imine (C=N–C) groups is 1. The Morgan fingerprint density at radius 3 is 2.83 bits per heavy atom. The van der Waals surface area contributed by atoms with Crippen molar-refractivity contribution in [2.45, 2.75) is 12.2 Å². The highest BCUT2D eigenvalue weighted by molar-refractivity contribution is 9.10. The molecule has 1 aromatic heterocycles. The fourth-order valence-corrected chi connectivity index (χ4v) is 4.93. The molecule has 2 aromatic rings. The van der Waals surface area contributed by atoms with E-state index in [2.05, 4.69) is 36.4 Å². The van der Waals surface area contributed by atoms with Crippen LogP contribution in [0.1, 0.15) is 6.92 Å². The molecule has 0 aliphatic carbocycles. The Morgan fingerprint density at radius 2 is 2.13 bits per heavy atom. The summed E-state index contributed by atoms with van der Waals surface area (Å²) in [5.41, 5.74) is 0.977. The molecule has 5 nitrogen and oxygen atoms in total. The second kappa shape index (κ2) is 7.78. The van der Waals surface area contributed by atoms with Crippen LogP contribution in [0.4, 0.5) is 5.13 Å². The maximum Gasteiger partial charge on any atom is 0.239 e. The molecule has 1 aliphatic rings. The van der Waals surface area contributed by atoms with Crippen LogP contribution in [-0.2, 0) is 4.79 Å². The Labute approximate surface area is 154 Å². The average molecular weight is 429 g/mol. The molecular formula is C14H13BrN4OS3. The Balaban J connectivity index is 1.61. The summed E-state index contributed by atoms with van der Waals surface area (Å²) in [6, 6.07) is 7.83. The van der Waals surface area contributed by atoms with Gasteiger partial charge in [0.2, 0.25) is 11.0 Å². The van der Waals surface area contributed by atoms with Crippen LogP contribution in [0.25, 0.3) is 10.6 Å². The Kier molecular flexibility index (Phi) is 5.73. The third kappa shape index (κ3) is 4.56. The van der Waals surface area contributed by atoms with E-state index in [4.69, 9.17) is 0 Å². The third-order valence-electron chi connectivity index (χ3n) is 2.95. The molecule has 1 aliphatic heterocycles. The highest BCUT2D eigenvalue weighted by atomic mass is 79.9. The highest BCUT2D eigenvalue weighted by Gasteiger charge is 2.20. The van der Waals surface area contributed by atoms with Crippen LogP contribution in [0.5, 0.6) is 0 Å². The number of nitrogens with one attached hydrogen (secondary N) is 1. The van der Waals surface area contributed by atoms with E-state index >= 15 is 0 Å². The van der Waals surface area contributed by atoms with Crippen molar-refractivity contribution >= 4 is 66.2 Å². The summed E-state index contributed by atoms with van der Waals surface area (Å²) in [4.78, 5) is 16.6. The maximum atomic E-state index is 12.2. The number of carbonyl (C=O) groups excluding carboxylic acids is 1. The molecule has 2 heterocycles. The lowest BCUT2D eigenvalue weighted by atomic mass is 10.2. The molecule has 0 bridgehead atoms. The first-order chi connectivity index (χ1) is 11.1. The molecule has 120 valence electrons. The van der Waals surface area contributed by atoms with Crippen molar-refractivity contribution in [3.05, 3.63) is 28.7 Å². The molecule has 1 aromatic carbocycles. The van der Waals surface area contributed by atoms with Crippen molar-refractivity contribution in [1.82, 2.24) is 10.2 Å². The van der Waals surface area contributed by atoms with Crippen LogP contribution in [0.2, 0.25) is 0 Å². The van der Waals surface area contributed by atoms with Gasteiger partial charge in [0.05, 0.1) is 11.8 Å². The SMILES string of the molecule is CC(SC1=NCCS1)C(=O)Nc1nnc(-c2ccc(Br)cc2)s1. The number of halogens is 1. The number of amides is 1. The fourth-order valence-electron chi connectivity index (χ4n) is 1.78. The zero-order chi connectivity index (χ0) is 16.2. The van der Waals surface area contributed by atoms with Gasteiger partial charge in [-0.2, -0.15) is 0 Å². The second-order valence-electron chi connectivity index (χ2n) is 4.66. The molecule has 1 amide bonds. The summed E-state index contributed by atoms with van der Waals surface area (Å²) in [5, 5.41) is 12.1. The van der Waals surface area contributed by atoms with Gasteiger partial charge in [0.1, 0.15) is 9.38 Å². The Hall–Kier alpha value is -0.900. The molecule has 9 heteroatoms. The summed E-state index contributed by atoms with van der Waals surface area (Å²) in [7, 11) is 0. The zero-order valence-electron chi connectivity index (χ0n) is 12.2. The van der Waals surface area contributed by atoms with Crippen LogP contribution < -0.4 is 5.32 Å². The van der Waals surface area contributed by atoms with Gasteiger partial charge in [0.15, 0.2) is 0 Å². The van der Waals surface area contributed by atoms with E-state index < -0.39 is 0 Å². The minimum Gasteiger partial charge on any atom is -0.300 e. The van der Waals surface area contributed by atoms with Gasteiger partial charge in [-0.3, -0.25) is 15.1 Å². The topological polar surface area (TPSA) is 67.2 Å². The van der Waals surface area contributed by atoms with Crippen molar-refractivity contribution in [1.29, 1.82) is 0 Å². The summed E-state index contributed by atoms with van der Waals surface area (Å²) in [5.74, 6) is 0.924. The van der Waals surface area contributed by atoms with E-state index in [9.17, 15) is 4.79 Å². The van der Waals surface area contributed by atoms with Crippen LogP contribution in [0.15, 0.2) is 33.7 Å². The van der Waals surface area contributed by atoms with Gasteiger partial charge in [-0.05, 0) is 19.1 Å². The predicted octanol–water partition coefficient (Wildman–Crippen LogP) is 4.13. The van der Waals surface area contributed by atoms with E-state index in [-0.39, 0.29) is 11.2 Å². The summed E-state index contributed by atoms with van der Waals surface area (Å²) in [6.45, 7) is 2.71. The second-order valence-corrected chi connectivity index (χ2v) is 9.23. The van der Waals surface area contributed by atoms with E-state index in [0.717, 1.165) is 31.7 Å². The van der Waals surface area contributed by atoms with Gasteiger partial charge < -0.3 is 0 Å². The van der Waals surface area contributed by atoms with E-state index in [0.29, 0.717) is 5.13 Å². The lowest BCUT2D eigenvalue weighted by Gasteiger charge is -2.09. The quantitative estimate of drug-likeness (QED) is 0.792. The van der Waals surface area contributed by atoms with Crippen molar-refractivity contribution in [3.8, 4) is 10.6 Å². The van der Waals surface area contributed by atoms with Crippen molar-refractivity contribution in [2.75, 3.05) is 17.6 Å². The number of thioether (sulfide) groups is 2. The average Bonchev–Trinajstić information content (AvgIpc) is 3.20. The van der Waals surface area contributed by atoms with Gasteiger partial charge in [0.25, 0.3) is 0 Å². The number of anilines is 1. The molecule has 0 fully saturated rings. The van der Waals surface area contributed by atoms with Crippen molar-refractivity contribution in [2.24, 2.45) is 4.99 Å². The van der Waals surface area contributed by atoms with E-state index in [1.165, 1.54) is 23.1 Å². The highest BCUT2D eigenvalue weighted by Crippen LogP contribution is 2.29. The van der Waals surface area contributed by atoms with Crippen LogP contribution in [0.3, 0.4) is 0 Å². The van der Waals surface area contributed by atoms with Gasteiger partial charge in [-0.25, -0.2) is 0 Å². The van der Waals surface area contributed by atoms with Crippen molar-refractivity contribution < 1.29 is 4.79 Å². The lowest BCUT2D eigenvalue weighted by Crippen LogP contribution is -2.23. The minimum absolute atomic E-state index is 0.0799. The number of rotatable bonds is 4. The molecule has 1 atom stereocenters. The number of carbonyl (C=O) groups is 1. The summed E-state index contributed by atoms with van der Waals surface area (Å²) >= 11 is 7.96. The first-order valence-corrected chi connectivity index (χ1v) is 10.3. The summed E-state index contributed by atoms with van der Waals surface area (Å²) in [6.07, 6.45) is 0. The Bertz CT molecular complexity index is 732. The molecule has 0 spiro atoms. The first-order valence-electron chi connectivity index (χ1n) is 6.86. The molecule has 0 saturated carbocycles. The molecule has 23 heavy (non-hydrogen) atoms. The van der Waals surface area contributed by atoms with E-state index in [1.54, 1.807) is 11.8 Å². The predicted molar refractivity (Wildman–Crippen MR) is 103 cm³/mol. The normalized spacial score (nSPS) is 15.3. The molecular weight excluding hydrogens is 416 g/mol. The van der Waals surface area contributed by atoms with Crippen LogP contribution in [0, 0.1) is 0 Å². The standard InChI is InChI=1S/C14H13BrN4OS3/c1-8(22-14-16-6-7-21-14)11(20)17-13-19-18-12(23-13)9-2-4-10(15)5-3-9/h2-5,8H,6-7H2,1H3,(H,17,19,20). The monoisotopic (exact) mass is 428 g/mol. The largest absolute Gasteiger partial charge is 0.300 e. The van der Waals surface area contributed by atoms with Crippen molar-refractivity contribution in [3.63, 3.8) is 0 Å². The summed E-state index contributed by atoms with van der Waals surface area (Å²) < 4.78 is 2.00. The molecule has 0 saturated heterocycles. The lowest BCUT2D eigenvalue weighted by molar-refractivity contribution is -0.115.